The van der Waals surface area contributed by atoms with Crippen molar-refractivity contribution in [2.45, 2.75) is 19.3 Å². The lowest BCUT2D eigenvalue weighted by atomic mass is 10.1. The molecule has 0 saturated heterocycles. The van der Waals surface area contributed by atoms with Gasteiger partial charge < -0.3 is 20.5 Å². The summed E-state index contributed by atoms with van der Waals surface area (Å²) in [5, 5.41) is 13.8. The van der Waals surface area contributed by atoms with E-state index in [4.69, 9.17) is 15.2 Å². The van der Waals surface area contributed by atoms with Crippen LogP contribution in [0.3, 0.4) is 0 Å². The molecule has 152 valence electrons. The zero-order valence-electron chi connectivity index (χ0n) is 15.4. The first-order chi connectivity index (χ1) is 13.8. The van der Waals surface area contributed by atoms with E-state index in [0.717, 1.165) is 35.8 Å². The number of hydrogen-bond acceptors (Lipinski definition) is 9. The fourth-order valence-corrected chi connectivity index (χ4v) is 4.31. The monoisotopic (exact) mass is 419 g/mol. The number of thiophene rings is 1. The van der Waals surface area contributed by atoms with Crippen molar-refractivity contribution in [1.29, 1.82) is 0 Å². The van der Waals surface area contributed by atoms with Crippen LogP contribution in [0.5, 0.6) is 0 Å². The fraction of sp³-hybridized carbons (Fsp3) is 0.278. The van der Waals surface area contributed by atoms with E-state index in [1.165, 1.54) is 30.6 Å². The van der Waals surface area contributed by atoms with Crippen LogP contribution in [-0.2, 0) is 27.1 Å². The predicted octanol–water partition coefficient (Wildman–Crippen LogP) is 2.31. The van der Waals surface area contributed by atoms with E-state index in [1.807, 2.05) is 0 Å². The summed E-state index contributed by atoms with van der Waals surface area (Å²) in [4.78, 5) is 47.6. The number of nitro groups is 1. The van der Waals surface area contributed by atoms with Gasteiger partial charge in [0, 0.05) is 10.9 Å². The number of nitrogens with one attached hydrogen (secondary N) is 1. The maximum Gasteiger partial charge on any atom is 0.341 e. The molecule has 11 heteroatoms. The van der Waals surface area contributed by atoms with Crippen molar-refractivity contribution in [3.63, 3.8) is 0 Å². The Kier molecular flexibility index (Phi) is 5.78. The lowest BCUT2D eigenvalue weighted by molar-refractivity contribution is -0.383. The number of esters is 2. The number of benzene rings is 1. The molecule has 3 rings (SSSR count). The number of aryl methyl sites for hydroxylation is 1. The average Bonchev–Trinajstić information content (AvgIpc) is 3.26. The van der Waals surface area contributed by atoms with Gasteiger partial charge in [0.2, 0.25) is 0 Å². The number of carbonyl (C=O) groups is 3. The Morgan fingerprint density at radius 1 is 1.28 bits per heavy atom. The molecule has 0 fully saturated rings. The molecule has 2 aromatic rings. The minimum absolute atomic E-state index is 0.0922. The molecule has 3 N–H and O–H groups in total. The lowest BCUT2D eigenvalue weighted by Gasteiger charge is -2.08. The topological polar surface area (TPSA) is 151 Å². The molecule has 0 radical (unpaired) electrons. The van der Waals surface area contributed by atoms with E-state index in [0.29, 0.717) is 10.6 Å². The highest BCUT2D eigenvalue weighted by Crippen LogP contribution is 2.39. The molecule has 0 saturated carbocycles. The quantitative estimate of drug-likeness (QED) is 0.313. The van der Waals surface area contributed by atoms with Crippen LogP contribution in [0.25, 0.3) is 0 Å². The van der Waals surface area contributed by atoms with Gasteiger partial charge in [-0.1, -0.05) is 0 Å². The minimum atomic E-state index is -0.912. The van der Waals surface area contributed by atoms with Gasteiger partial charge in [-0.3, -0.25) is 14.9 Å². The van der Waals surface area contributed by atoms with E-state index in [2.05, 4.69) is 5.32 Å². The Balaban J connectivity index is 1.67. The molecule has 0 atom stereocenters. The number of ether oxygens (including phenoxy) is 2. The van der Waals surface area contributed by atoms with Crippen molar-refractivity contribution < 1.29 is 28.8 Å². The van der Waals surface area contributed by atoms with Crippen molar-refractivity contribution in [3.05, 3.63) is 49.9 Å². The summed E-state index contributed by atoms with van der Waals surface area (Å²) in [5.41, 5.74) is 6.06. The fourth-order valence-electron chi connectivity index (χ4n) is 3.02. The molecule has 0 bridgehead atoms. The maximum absolute atomic E-state index is 12.2. The first kappa shape index (κ1) is 20.3. The van der Waals surface area contributed by atoms with Crippen molar-refractivity contribution in [3.8, 4) is 0 Å². The highest BCUT2D eigenvalue weighted by atomic mass is 32.1. The third kappa shape index (κ3) is 4.19. The Morgan fingerprint density at radius 2 is 2.03 bits per heavy atom. The van der Waals surface area contributed by atoms with Crippen molar-refractivity contribution in [1.82, 2.24) is 0 Å². The van der Waals surface area contributed by atoms with Gasteiger partial charge in [-0.15, -0.1) is 11.3 Å². The molecule has 0 aliphatic heterocycles. The molecular formula is C18H17N3O7S. The number of anilines is 2. The number of nitro benzene ring substituents is 1. The van der Waals surface area contributed by atoms with Gasteiger partial charge in [-0.05, 0) is 37.0 Å². The van der Waals surface area contributed by atoms with E-state index < -0.39 is 35.1 Å². The van der Waals surface area contributed by atoms with Gasteiger partial charge in [0.05, 0.1) is 23.2 Å². The molecular weight excluding hydrogens is 402 g/mol. The lowest BCUT2D eigenvalue weighted by Crippen LogP contribution is -2.21. The maximum atomic E-state index is 12.2. The second kappa shape index (κ2) is 8.27. The summed E-state index contributed by atoms with van der Waals surface area (Å²) in [6.07, 6.45) is 2.49. The third-order valence-corrected chi connectivity index (χ3v) is 5.57. The van der Waals surface area contributed by atoms with Crippen LogP contribution >= 0.6 is 11.3 Å². The average molecular weight is 419 g/mol. The minimum Gasteiger partial charge on any atom is -0.465 e. The Hall–Kier alpha value is -3.47. The smallest absolute Gasteiger partial charge is 0.341 e. The second-order valence-corrected chi connectivity index (χ2v) is 7.31. The van der Waals surface area contributed by atoms with Crippen molar-refractivity contribution in [2.24, 2.45) is 0 Å². The van der Waals surface area contributed by atoms with Crippen LogP contribution in [0.1, 0.15) is 37.6 Å². The normalized spacial score (nSPS) is 12.2. The number of nitrogen functional groups attached to an aromatic ring is 1. The number of amides is 1. The number of carbonyl (C=O) groups excluding carboxylic acids is 3. The molecule has 1 aromatic carbocycles. The van der Waals surface area contributed by atoms with E-state index in [-0.39, 0.29) is 11.3 Å². The number of rotatable bonds is 6. The van der Waals surface area contributed by atoms with Gasteiger partial charge in [-0.25, -0.2) is 9.59 Å². The van der Waals surface area contributed by atoms with Crippen LogP contribution in [0.4, 0.5) is 16.4 Å². The van der Waals surface area contributed by atoms with E-state index in [9.17, 15) is 24.5 Å². The number of nitrogens with two attached hydrogens (primary N) is 1. The van der Waals surface area contributed by atoms with Crippen molar-refractivity contribution in [2.75, 3.05) is 24.8 Å². The van der Waals surface area contributed by atoms with Gasteiger partial charge in [0.25, 0.3) is 11.6 Å². The Morgan fingerprint density at radius 3 is 2.72 bits per heavy atom. The number of hydrogen-bond donors (Lipinski definition) is 2. The zero-order chi connectivity index (χ0) is 21.1. The van der Waals surface area contributed by atoms with Crippen LogP contribution < -0.4 is 11.1 Å². The molecule has 0 spiro atoms. The summed E-state index contributed by atoms with van der Waals surface area (Å²) < 4.78 is 9.72. The molecule has 1 heterocycles. The molecule has 1 aliphatic carbocycles. The molecule has 1 aromatic heterocycles. The Labute approximate surface area is 168 Å². The van der Waals surface area contributed by atoms with E-state index >= 15 is 0 Å². The summed E-state index contributed by atoms with van der Waals surface area (Å²) in [7, 11) is 1.26. The van der Waals surface area contributed by atoms with Crippen LogP contribution in [-0.4, -0.2) is 36.5 Å². The first-order valence-corrected chi connectivity index (χ1v) is 9.37. The molecule has 0 unspecified atom stereocenters. The van der Waals surface area contributed by atoms with E-state index in [1.54, 1.807) is 0 Å². The molecule has 1 amide bonds. The number of nitrogens with zero attached hydrogens (tertiary/aromatic N) is 1. The number of fused-ring (bicyclic) bond motifs is 1. The summed E-state index contributed by atoms with van der Waals surface area (Å²) in [6.45, 7) is -0.625. The number of methoxy groups -OCH3 is 1. The zero-order valence-corrected chi connectivity index (χ0v) is 16.2. The highest BCUT2D eigenvalue weighted by molar-refractivity contribution is 7.17. The summed E-state index contributed by atoms with van der Waals surface area (Å²) in [6, 6.07) is 3.46. The summed E-state index contributed by atoms with van der Waals surface area (Å²) >= 11 is 1.30. The van der Waals surface area contributed by atoms with Crippen molar-refractivity contribution >= 4 is 45.6 Å². The first-order valence-electron chi connectivity index (χ1n) is 8.55. The highest BCUT2D eigenvalue weighted by Gasteiger charge is 2.28. The third-order valence-electron chi connectivity index (χ3n) is 4.36. The van der Waals surface area contributed by atoms with Crippen LogP contribution in [0.15, 0.2) is 18.2 Å². The van der Waals surface area contributed by atoms with Gasteiger partial charge >= 0.3 is 11.9 Å². The molecule has 10 nitrogen and oxygen atoms in total. The second-order valence-electron chi connectivity index (χ2n) is 6.21. The van der Waals surface area contributed by atoms with Gasteiger partial charge in [0.15, 0.2) is 6.61 Å². The van der Waals surface area contributed by atoms with Crippen LogP contribution in [0.2, 0.25) is 0 Å². The standard InChI is InChI=1S/C18H17N3O7S/c1-27-18(24)15-10-3-2-4-13(10)29-16(15)20-14(22)8-28-17(23)9-5-6-11(19)12(7-9)21(25)26/h5-7H,2-4,8,19H2,1H3,(H,20,22). The summed E-state index contributed by atoms with van der Waals surface area (Å²) in [5.74, 6) is -2.09. The van der Waals surface area contributed by atoms with Gasteiger partial charge in [-0.2, -0.15) is 0 Å². The van der Waals surface area contributed by atoms with Crippen LogP contribution in [0, 0.1) is 10.1 Å². The molecule has 1 aliphatic rings. The SMILES string of the molecule is COC(=O)c1c(NC(=O)COC(=O)c2ccc(N)c([N+](=O)[O-])c2)sc2c1CCC2. The predicted molar refractivity (Wildman–Crippen MR) is 104 cm³/mol. The largest absolute Gasteiger partial charge is 0.465 e. The molecule has 29 heavy (non-hydrogen) atoms. The Bertz CT molecular complexity index is 1020. The van der Waals surface area contributed by atoms with Gasteiger partial charge in [0.1, 0.15) is 10.7 Å².